The number of nitrogens with zero attached hydrogens (tertiary/aromatic N) is 2. The third kappa shape index (κ3) is 6.36. The van der Waals surface area contributed by atoms with Crippen LogP contribution < -0.4 is 42.3 Å². The molecule has 80 heavy (non-hydrogen) atoms. The smallest absolute Gasteiger partial charge is 0.256 e. The van der Waals surface area contributed by atoms with Gasteiger partial charge in [-0.25, -0.2) is 0 Å². The number of hydrogen-bond acceptors (Lipinski definition) is 2. The second kappa shape index (κ2) is 16.2. The fourth-order valence-electron chi connectivity index (χ4n) is 14.2. The second-order valence-electron chi connectivity index (χ2n) is 24.8. The highest BCUT2D eigenvalue weighted by molar-refractivity contribution is 7.02. The first kappa shape index (κ1) is 45.7. The lowest BCUT2D eigenvalue weighted by Gasteiger charge is -2.41. The van der Waals surface area contributed by atoms with Crippen LogP contribution in [0.1, 0.15) is 52.7 Å². The minimum Gasteiger partial charge on any atom is -0.456 e. The molecular formula is C74H54B2N2O2. The van der Waals surface area contributed by atoms with Gasteiger partial charge in [0.15, 0.2) is 0 Å². The van der Waals surface area contributed by atoms with Crippen molar-refractivity contribution in [3.05, 3.63) is 230 Å². The van der Waals surface area contributed by atoms with Gasteiger partial charge in [0.1, 0.15) is 23.0 Å². The molecular weight excluding hydrogens is 970 g/mol. The molecule has 0 atom stereocenters. The van der Waals surface area contributed by atoms with Crippen LogP contribution >= 0.6 is 0 Å². The quantitative estimate of drug-likeness (QED) is 0.164. The van der Waals surface area contributed by atoms with Crippen LogP contribution in [0.25, 0.3) is 99.5 Å². The molecule has 0 amide bonds. The van der Waals surface area contributed by atoms with Crippen molar-refractivity contribution < 1.29 is 9.47 Å². The molecule has 0 radical (unpaired) electrons. The van der Waals surface area contributed by atoms with Crippen LogP contribution in [0.3, 0.4) is 0 Å². The first-order valence-corrected chi connectivity index (χ1v) is 28.3. The summed E-state index contributed by atoms with van der Waals surface area (Å²) in [5.41, 5.74) is 25.8. The predicted molar refractivity (Wildman–Crippen MR) is 337 cm³/mol. The minimum absolute atomic E-state index is 0.110. The summed E-state index contributed by atoms with van der Waals surface area (Å²) < 4.78 is 20.9. The molecule has 0 saturated carbocycles. The molecule has 0 spiro atoms. The number of aromatic nitrogens is 2. The van der Waals surface area contributed by atoms with Gasteiger partial charge in [0.2, 0.25) is 0 Å². The van der Waals surface area contributed by atoms with Gasteiger partial charge in [0.05, 0.1) is 22.4 Å². The molecule has 11 aromatic carbocycles. The van der Waals surface area contributed by atoms with E-state index in [0.717, 1.165) is 56.3 Å². The monoisotopic (exact) mass is 1020 g/mol. The lowest BCUT2D eigenvalue weighted by atomic mass is 9.31. The van der Waals surface area contributed by atoms with Crippen LogP contribution in [-0.4, -0.2) is 22.6 Å². The highest BCUT2D eigenvalue weighted by atomic mass is 16.5. The van der Waals surface area contributed by atoms with E-state index in [4.69, 9.17) is 9.47 Å². The maximum atomic E-state index is 7.88. The van der Waals surface area contributed by atoms with Gasteiger partial charge in [0.25, 0.3) is 13.4 Å². The Hall–Kier alpha value is -9.25. The van der Waals surface area contributed by atoms with Crippen molar-refractivity contribution in [1.29, 1.82) is 0 Å². The van der Waals surface area contributed by atoms with E-state index in [1.807, 2.05) is 0 Å². The summed E-state index contributed by atoms with van der Waals surface area (Å²) in [7, 11) is 0. The van der Waals surface area contributed by atoms with Crippen molar-refractivity contribution in [2.24, 2.45) is 0 Å². The van der Waals surface area contributed by atoms with E-state index in [-0.39, 0.29) is 24.3 Å². The van der Waals surface area contributed by atoms with Crippen molar-refractivity contribution >= 4 is 89.8 Å². The second-order valence-corrected chi connectivity index (χ2v) is 24.8. The zero-order valence-corrected chi connectivity index (χ0v) is 45.7. The van der Waals surface area contributed by atoms with Crippen molar-refractivity contribution in [3.63, 3.8) is 0 Å². The molecule has 0 unspecified atom stereocenters. The summed E-state index contributed by atoms with van der Waals surface area (Å²) in [6, 6.07) is 81.6. The van der Waals surface area contributed by atoms with Gasteiger partial charge in [-0.3, -0.25) is 0 Å². The van der Waals surface area contributed by atoms with Crippen molar-refractivity contribution in [2.45, 2.75) is 52.4 Å². The molecule has 2 aromatic heterocycles. The lowest BCUT2D eigenvalue weighted by Crippen LogP contribution is -2.63. The number of benzene rings is 11. The van der Waals surface area contributed by atoms with Crippen molar-refractivity contribution in [1.82, 2.24) is 9.13 Å². The molecule has 0 fully saturated rings. The Morgan fingerprint density at radius 2 is 0.662 bits per heavy atom. The van der Waals surface area contributed by atoms with E-state index < -0.39 is 0 Å². The Bertz CT molecular complexity index is 4520. The molecule has 6 heterocycles. The largest absolute Gasteiger partial charge is 0.456 e. The van der Waals surface area contributed by atoms with Crippen LogP contribution in [0, 0.1) is 0 Å². The number of fused-ring (bicyclic) bond motifs is 16. The van der Waals surface area contributed by atoms with E-state index in [1.165, 1.54) is 110 Å². The predicted octanol–water partition coefficient (Wildman–Crippen LogP) is 15.0. The van der Waals surface area contributed by atoms with Gasteiger partial charge in [-0.15, -0.1) is 0 Å². The molecule has 4 nitrogen and oxygen atoms in total. The normalized spacial score (nSPS) is 13.5. The molecule has 6 heteroatoms. The molecule has 4 aliphatic rings. The third-order valence-corrected chi connectivity index (χ3v) is 18.1. The molecule has 0 N–H and O–H groups in total. The molecule has 378 valence electrons. The summed E-state index contributed by atoms with van der Waals surface area (Å²) >= 11 is 0. The molecule has 17 rings (SSSR count). The van der Waals surface area contributed by atoms with Crippen LogP contribution in [-0.2, 0) is 10.8 Å². The average Bonchev–Trinajstić information content (AvgIpc) is 4.15. The Morgan fingerprint density at radius 1 is 0.312 bits per heavy atom. The maximum absolute atomic E-state index is 7.88. The first-order chi connectivity index (χ1) is 38.9. The van der Waals surface area contributed by atoms with Gasteiger partial charge in [-0.05, 0) is 137 Å². The van der Waals surface area contributed by atoms with E-state index in [0.29, 0.717) is 0 Å². The van der Waals surface area contributed by atoms with E-state index >= 15 is 0 Å². The minimum atomic E-state index is -0.209. The Kier molecular flexibility index (Phi) is 9.25. The Labute approximate surface area is 466 Å². The number of ether oxygens (including phenoxy) is 2. The van der Waals surface area contributed by atoms with Crippen LogP contribution in [0.4, 0.5) is 0 Å². The third-order valence-electron chi connectivity index (χ3n) is 18.1. The summed E-state index contributed by atoms with van der Waals surface area (Å²) in [6.07, 6.45) is 0. The summed E-state index contributed by atoms with van der Waals surface area (Å²) in [4.78, 5) is 0. The number of hydrogen-bond donors (Lipinski definition) is 0. The lowest BCUT2D eigenvalue weighted by molar-refractivity contribution is 0.471. The zero-order chi connectivity index (χ0) is 53.5. The molecule has 0 bridgehead atoms. The summed E-state index contributed by atoms with van der Waals surface area (Å²) in [5.74, 6) is 3.55. The van der Waals surface area contributed by atoms with Crippen LogP contribution in [0.2, 0.25) is 0 Å². The van der Waals surface area contributed by atoms with Gasteiger partial charge in [0, 0.05) is 43.5 Å². The fourth-order valence-corrected chi connectivity index (χ4v) is 14.2. The zero-order valence-electron chi connectivity index (χ0n) is 45.7. The van der Waals surface area contributed by atoms with Crippen LogP contribution in [0.5, 0.6) is 23.0 Å². The molecule has 0 aliphatic carbocycles. The summed E-state index contributed by atoms with van der Waals surface area (Å²) in [6.45, 7) is 13.5. The maximum Gasteiger partial charge on any atom is 0.256 e. The fraction of sp³-hybridized carbons (Fsp3) is 0.108. The standard InChI is InChI=1S/C74H54B2N2O2/c1-73(2,3)51-29-33-63-57(41-51)75-59-39-49(45-23-15-9-16-24-45)37-55-53-35-47(43-19-11-7-12-20-43)27-31-61(53)77(67(55)59)69-65(75)71(79-63)70-66-72(69)80-64-34-30-52(74(4,5)6)42-58(64)76(66)60-40-50(46-25-17-10-18-26-46)38-56-54-36-48(44-21-13-8-14-22-44)28-32-62(54)78(70)68(56)60/h7-42H,1-6H3. The van der Waals surface area contributed by atoms with Crippen LogP contribution in [0.15, 0.2) is 218 Å². The van der Waals surface area contributed by atoms with E-state index in [9.17, 15) is 0 Å². The van der Waals surface area contributed by atoms with Crippen molar-refractivity contribution in [2.75, 3.05) is 0 Å². The van der Waals surface area contributed by atoms with E-state index in [1.54, 1.807) is 0 Å². The highest BCUT2D eigenvalue weighted by Gasteiger charge is 2.51. The molecule has 4 aliphatic heterocycles. The Balaban J connectivity index is 1.08. The van der Waals surface area contributed by atoms with Gasteiger partial charge < -0.3 is 18.6 Å². The van der Waals surface area contributed by atoms with Crippen molar-refractivity contribution in [3.8, 4) is 78.9 Å². The average molecular weight is 1020 g/mol. The molecule has 13 aromatic rings. The topological polar surface area (TPSA) is 28.3 Å². The summed E-state index contributed by atoms with van der Waals surface area (Å²) in [5, 5.41) is 4.85. The number of rotatable bonds is 4. The SMILES string of the molecule is CC(C)(C)c1ccc2c(c1)B1c3c(c4c5c(c3-n3c6ccc(-c7ccccc7)cc6c6cc(-c7ccccc7)cc1c63)Oc1ccc(C(C)(C)C)cc1B5c1cc(-c3ccccc3)cc3c5cc(-c6ccccc6)ccc5n-4c13)O2. The highest BCUT2D eigenvalue weighted by Crippen LogP contribution is 2.50. The van der Waals surface area contributed by atoms with Gasteiger partial charge in [-0.1, -0.05) is 211 Å². The van der Waals surface area contributed by atoms with Gasteiger partial charge >= 0.3 is 0 Å². The first-order valence-electron chi connectivity index (χ1n) is 28.3. The van der Waals surface area contributed by atoms with E-state index in [2.05, 4.69) is 269 Å². The Morgan fingerprint density at radius 3 is 1.02 bits per heavy atom. The molecule has 0 saturated heterocycles. The van der Waals surface area contributed by atoms with Gasteiger partial charge in [-0.2, -0.15) is 0 Å².